The lowest BCUT2D eigenvalue weighted by atomic mass is 10.1. The fourth-order valence-corrected chi connectivity index (χ4v) is 2.72. The van der Waals surface area contributed by atoms with Gasteiger partial charge in [0.05, 0.1) is 16.4 Å². The number of nitrogens with two attached hydrogens (primary N) is 1. The van der Waals surface area contributed by atoms with Crippen molar-refractivity contribution in [2.24, 2.45) is 0 Å². The number of rotatable bonds is 6. The van der Waals surface area contributed by atoms with Crippen molar-refractivity contribution in [3.8, 4) is 11.8 Å². The van der Waals surface area contributed by atoms with Crippen molar-refractivity contribution in [2.75, 3.05) is 17.6 Å². The highest BCUT2D eigenvalue weighted by Crippen LogP contribution is 2.22. The van der Waals surface area contributed by atoms with E-state index in [-0.39, 0.29) is 11.6 Å². The predicted molar refractivity (Wildman–Crippen MR) is 98.7 cm³/mol. The van der Waals surface area contributed by atoms with Crippen molar-refractivity contribution < 1.29 is 4.39 Å². The summed E-state index contributed by atoms with van der Waals surface area (Å²) in [5.41, 5.74) is 7.58. The largest absolute Gasteiger partial charge is 0.382 e. The van der Waals surface area contributed by atoms with Crippen LogP contribution in [-0.4, -0.2) is 21.3 Å². The number of benzene rings is 1. The van der Waals surface area contributed by atoms with Gasteiger partial charge in [0.2, 0.25) is 0 Å². The third-order valence-corrected chi connectivity index (χ3v) is 4.12. The number of nitrogens with one attached hydrogen (secondary N) is 1. The van der Waals surface area contributed by atoms with Crippen LogP contribution in [-0.2, 0) is 6.42 Å². The number of halogens is 2. The average molecular weight is 371 g/mol. The van der Waals surface area contributed by atoms with Crippen LogP contribution in [0.2, 0.25) is 5.02 Å². The summed E-state index contributed by atoms with van der Waals surface area (Å²) in [7, 11) is 0. The molecule has 3 aromatic rings. The first-order valence-corrected chi connectivity index (χ1v) is 8.35. The molecule has 0 aliphatic rings. The van der Waals surface area contributed by atoms with Crippen LogP contribution < -0.4 is 11.1 Å². The summed E-state index contributed by atoms with van der Waals surface area (Å²) in [5.74, 6) is 0.514. The number of nitrogen functional groups attached to an aromatic ring is 1. The fourth-order valence-electron chi connectivity index (χ4n) is 2.53. The molecule has 0 fully saturated rings. The standard InChI is InChI=1S/C18H16ClFN6/c19-15-3-1-9-23-18(15)24-10-2-4-16-14(11-21)17(22)26(25-16)13-7-5-12(20)6-8-13/h1,3,5-9H,2,4,10,22H2,(H,23,24). The van der Waals surface area contributed by atoms with Crippen molar-refractivity contribution in [1.29, 1.82) is 5.26 Å². The molecule has 0 spiro atoms. The second kappa shape index (κ2) is 7.85. The Bertz CT molecular complexity index is 945. The molecular formula is C18H16ClFN6. The first-order valence-electron chi connectivity index (χ1n) is 7.98. The van der Waals surface area contributed by atoms with Crippen LogP contribution >= 0.6 is 11.6 Å². The molecule has 132 valence electrons. The molecule has 0 bridgehead atoms. The van der Waals surface area contributed by atoms with E-state index < -0.39 is 0 Å². The van der Waals surface area contributed by atoms with Crippen molar-refractivity contribution in [2.45, 2.75) is 12.8 Å². The molecule has 3 rings (SSSR count). The number of anilines is 2. The monoisotopic (exact) mass is 370 g/mol. The molecule has 0 saturated heterocycles. The summed E-state index contributed by atoms with van der Waals surface area (Å²) >= 11 is 6.04. The van der Waals surface area contributed by atoms with Crippen LogP contribution in [0.3, 0.4) is 0 Å². The smallest absolute Gasteiger partial charge is 0.145 e. The van der Waals surface area contributed by atoms with Crippen LogP contribution in [0.5, 0.6) is 0 Å². The minimum Gasteiger partial charge on any atom is -0.382 e. The zero-order chi connectivity index (χ0) is 18.5. The van der Waals surface area contributed by atoms with Crippen molar-refractivity contribution in [3.63, 3.8) is 0 Å². The molecule has 8 heteroatoms. The molecular weight excluding hydrogens is 355 g/mol. The summed E-state index contributed by atoms with van der Waals surface area (Å²) in [6.07, 6.45) is 2.92. The molecule has 2 heterocycles. The van der Waals surface area contributed by atoms with Gasteiger partial charge in [0.25, 0.3) is 0 Å². The van der Waals surface area contributed by atoms with Gasteiger partial charge in [-0.15, -0.1) is 0 Å². The maximum atomic E-state index is 13.1. The van der Waals surface area contributed by atoms with E-state index in [9.17, 15) is 9.65 Å². The molecule has 1 aromatic carbocycles. The van der Waals surface area contributed by atoms with Crippen LogP contribution in [0.4, 0.5) is 16.0 Å². The zero-order valence-electron chi connectivity index (χ0n) is 13.8. The van der Waals surface area contributed by atoms with Crippen molar-refractivity contribution in [3.05, 3.63) is 64.7 Å². The highest BCUT2D eigenvalue weighted by molar-refractivity contribution is 6.32. The molecule has 0 aliphatic carbocycles. The molecule has 0 atom stereocenters. The Hall–Kier alpha value is -3.11. The highest BCUT2D eigenvalue weighted by Gasteiger charge is 2.16. The Morgan fingerprint density at radius 3 is 2.73 bits per heavy atom. The van der Waals surface area contributed by atoms with Crippen LogP contribution in [0.1, 0.15) is 17.7 Å². The summed E-state index contributed by atoms with van der Waals surface area (Å²) in [6, 6.07) is 11.4. The minimum atomic E-state index is -0.348. The second-order valence-electron chi connectivity index (χ2n) is 5.57. The molecule has 0 radical (unpaired) electrons. The van der Waals surface area contributed by atoms with Gasteiger partial charge in [-0.1, -0.05) is 11.6 Å². The second-order valence-corrected chi connectivity index (χ2v) is 5.98. The predicted octanol–water partition coefficient (Wildman–Crippen LogP) is 3.56. The Labute approximate surface area is 155 Å². The molecule has 3 N–H and O–H groups in total. The molecule has 0 unspecified atom stereocenters. The van der Waals surface area contributed by atoms with Crippen molar-refractivity contribution in [1.82, 2.24) is 14.8 Å². The molecule has 0 saturated carbocycles. The number of aromatic nitrogens is 3. The Morgan fingerprint density at radius 1 is 1.27 bits per heavy atom. The maximum absolute atomic E-state index is 13.1. The molecule has 2 aromatic heterocycles. The molecule has 6 nitrogen and oxygen atoms in total. The van der Waals surface area contributed by atoms with E-state index in [0.29, 0.717) is 47.2 Å². The lowest BCUT2D eigenvalue weighted by Gasteiger charge is -2.06. The topological polar surface area (TPSA) is 92.5 Å². The number of nitrogens with zero attached hydrogens (tertiary/aromatic N) is 4. The van der Waals surface area contributed by atoms with Gasteiger partial charge >= 0.3 is 0 Å². The number of aryl methyl sites for hydroxylation is 1. The SMILES string of the molecule is N#Cc1c(CCCNc2ncccc2Cl)nn(-c2ccc(F)cc2)c1N. The maximum Gasteiger partial charge on any atom is 0.145 e. The van der Waals surface area contributed by atoms with Gasteiger partial charge in [0, 0.05) is 12.7 Å². The Morgan fingerprint density at radius 2 is 2.04 bits per heavy atom. The van der Waals surface area contributed by atoms with Crippen LogP contribution in [0.25, 0.3) is 5.69 Å². The number of hydrogen-bond acceptors (Lipinski definition) is 5. The molecule has 0 aliphatic heterocycles. The van der Waals surface area contributed by atoms with E-state index in [1.54, 1.807) is 30.5 Å². The lowest BCUT2D eigenvalue weighted by molar-refractivity contribution is 0.627. The molecule has 26 heavy (non-hydrogen) atoms. The highest BCUT2D eigenvalue weighted by atomic mass is 35.5. The molecule has 0 amide bonds. The van der Waals surface area contributed by atoms with E-state index in [1.165, 1.54) is 16.8 Å². The lowest BCUT2D eigenvalue weighted by Crippen LogP contribution is -2.06. The van der Waals surface area contributed by atoms with Gasteiger partial charge < -0.3 is 11.1 Å². The summed E-state index contributed by atoms with van der Waals surface area (Å²) in [4.78, 5) is 4.16. The quantitative estimate of drug-likeness (QED) is 0.647. The number of nitriles is 1. The van der Waals surface area contributed by atoms with Gasteiger partial charge in [0.15, 0.2) is 0 Å². The number of hydrogen-bond donors (Lipinski definition) is 2. The Kier molecular flexibility index (Phi) is 5.34. The first kappa shape index (κ1) is 17.7. The van der Waals surface area contributed by atoms with Gasteiger partial charge in [-0.2, -0.15) is 10.4 Å². The normalized spacial score (nSPS) is 10.5. The summed E-state index contributed by atoms with van der Waals surface area (Å²) in [5, 5.41) is 17.5. The summed E-state index contributed by atoms with van der Waals surface area (Å²) < 4.78 is 14.5. The van der Waals surface area contributed by atoms with E-state index in [1.807, 2.05) is 0 Å². The van der Waals surface area contributed by atoms with E-state index in [4.69, 9.17) is 17.3 Å². The van der Waals surface area contributed by atoms with E-state index in [2.05, 4.69) is 21.5 Å². The third-order valence-electron chi connectivity index (χ3n) is 3.82. The number of pyridine rings is 1. The van der Waals surface area contributed by atoms with Gasteiger partial charge in [0.1, 0.15) is 29.1 Å². The van der Waals surface area contributed by atoms with Gasteiger partial charge in [-0.25, -0.2) is 14.1 Å². The van der Waals surface area contributed by atoms with E-state index >= 15 is 0 Å². The zero-order valence-corrected chi connectivity index (χ0v) is 14.5. The van der Waals surface area contributed by atoms with Crippen LogP contribution in [0, 0.1) is 17.1 Å². The third kappa shape index (κ3) is 3.76. The first-order chi connectivity index (χ1) is 12.6. The Balaban J connectivity index is 1.70. The summed E-state index contributed by atoms with van der Waals surface area (Å²) in [6.45, 7) is 0.616. The minimum absolute atomic E-state index is 0.245. The van der Waals surface area contributed by atoms with Crippen molar-refractivity contribution >= 4 is 23.2 Å². The van der Waals surface area contributed by atoms with Gasteiger partial charge in [-0.05, 0) is 49.2 Å². The van der Waals surface area contributed by atoms with Gasteiger partial charge in [-0.3, -0.25) is 0 Å². The fraction of sp³-hybridized carbons (Fsp3) is 0.167. The van der Waals surface area contributed by atoms with E-state index in [0.717, 1.165) is 0 Å². The average Bonchev–Trinajstić information content (AvgIpc) is 2.96. The van der Waals surface area contributed by atoms with Crippen LogP contribution in [0.15, 0.2) is 42.6 Å².